The van der Waals surface area contributed by atoms with Crippen LogP contribution in [0.1, 0.15) is 59.8 Å². The lowest BCUT2D eigenvalue weighted by Crippen LogP contribution is -2.59. The van der Waals surface area contributed by atoms with E-state index in [1.807, 2.05) is 0 Å². The highest BCUT2D eigenvalue weighted by Crippen LogP contribution is 2.12. The van der Waals surface area contributed by atoms with Crippen molar-refractivity contribution < 1.29 is 39.0 Å². The topological polar surface area (TPSA) is 267 Å². The van der Waals surface area contributed by atoms with Crippen molar-refractivity contribution in [1.82, 2.24) is 26.6 Å². The van der Waals surface area contributed by atoms with E-state index in [1.165, 1.54) is 0 Å². The number of nitrogens with one attached hydrogen (secondary N) is 5. The van der Waals surface area contributed by atoms with Crippen LogP contribution in [0.2, 0.25) is 0 Å². The molecule has 1 aliphatic rings. The number of rotatable bonds is 11. The van der Waals surface area contributed by atoms with Crippen molar-refractivity contribution >= 4 is 41.5 Å². The first-order chi connectivity index (χ1) is 19.2. The van der Waals surface area contributed by atoms with Gasteiger partial charge in [0.05, 0.1) is 6.61 Å². The number of guanidine groups is 1. The van der Waals surface area contributed by atoms with Gasteiger partial charge >= 0.3 is 5.97 Å². The average molecular weight is 585 g/mol. The number of aliphatic carboxylic acids is 1. The Labute approximate surface area is 238 Å². The second-order valence-corrected chi connectivity index (χ2v) is 10.3. The summed E-state index contributed by atoms with van der Waals surface area (Å²) in [4.78, 5) is 81.2. The number of aliphatic hydroxyl groups is 1. The third-order valence-electron chi connectivity index (χ3n) is 6.71. The normalized spacial score (nSPS) is 25.4. The molecular weight excluding hydrogens is 540 g/mol. The highest BCUT2D eigenvalue weighted by atomic mass is 16.4. The van der Waals surface area contributed by atoms with Crippen molar-refractivity contribution in [3.8, 4) is 0 Å². The van der Waals surface area contributed by atoms with Crippen molar-refractivity contribution in [3.63, 3.8) is 0 Å². The van der Waals surface area contributed by atoms with Crippen LogP contribution in [0.3, 0.4) is 0 Å². The van der Waals surface area contributed by atoms with Crippen molar-refractivity contribution in [1.29, 1.82) is 0 Å². The summed E-state index contributed by atoms with van der Waals surface area (Å²) in [6.45, 7) is 6.10. The minimum atomic E-state index is -1.47. The first-order valence-corrected chi connectivity index (χ1v) is 13.6. The zero-order valence-corrected chi connectivity index (χ0v) is 23.9. The first-order valence-electron chi connectivity index (χ1n) is 13.6. The number of carboxylic acid groups (broad SMARTS) is 1. The molecule has 0 saturated carbocycles. The largest absolute Gasteiger partial charge is 0.481 e. The molecule has 11 N–H and O–H groups in total. The Bertz CT molecular complexity index is 985. The summed E-state index contributed by atoms with van der Waals surface area (Å²) in [5, 5.41) is 31.6. The van der Waals surface area contributed by atoms with Gasteiger partial charge in [0.25, 0.3) is 0 Å². The van der Waals surface area contributed by atoms with Crippen LogP contribution in [0.4, 0.5) is 0 Å². The van der Waals surface area contributed by atoms with Gasteiger partial charge in [-0.15, -0.1) is 0 Å². The van der Waals surface area contributed by atoms with E-state index in [1.54, 1.807) is 27.7 Å². The standard InChI is InChI=1S/C25H44N8O8/c1-5-13(4)19-24(41)31-16(11-34)22(39)29-14(7-6-10-28-25(26)27)20(37)32-18(12(2)3)23(40)30-15(21(38)33-19)8-9-17(35)36/h12-16,18-19,34H,5-11H2,1-4H3,(H,29,39)(H,30,40)(H,31,41)(H,32,37)(H,33,38)(H,35,36)(H4,26,27,28)/t13-,14-,15-,16-,18-,19-/m0/s1. The van der Waals surface area contributed by atoms with E-state index in [4.69, 9.17) is 11.5 Å². The summed E-state index contributed by atoms with van der Waals surface area (Å²) in [5.41, 5.74) is 10.7. The van der Waals surface area contributed by atoms with Crippen LogP contribution in [-0.2, 0) is 28.8 Å². The van der Waals surface area contributed by atoms with E-state index in [9.17, 15) is 39.0 Å². The Balaban J connectivity index is 3.52. The van der Waals surface area contributed by atoms with Crippen LogP contribution in [0.15, 0.2) is 4.99 Å². The number of carbonyl (C=O) groups is 6. The Hall–Kier alpha value is -3.95. The molecule has 0 bridgehead atoms. The molecule has 1 saturated heterocycles. The van der Waals surface area contributed by atoms with E-state index < -0.39 is 90.6 Å². The molecule has 232 valence electrons. The summed E-state index contributed by atoms with van der Waals surface area (Å²) in [7, 11) is 0. The van der Waals surface area contributed by atoms with Crippen molar-refractivity contribution in [2.24, 2.45) is 28.3 Å². The predicted molar refractivity (Wildman–Crippen MR) is 148 cm³/mol. The number of carbonyl (C=O) groups excluding carboxylic acids is 5. The summed E-state index contributed by atoms with van der Waals surface area (Å²) >= 11 is 0. The Morgan fingerprint density at radius 1 is 0.805 bits per heavy atom. The van der Waals surface area contributed by atoms with Gasteiger partial charge < -0.3 is 48.3 Å². The first kappa shape index (κ1) is 35.1. The van der Waals surface area contributed by atoms with Gasteiger partial charge in [-0.05, 0) is 31.1 Å². The van der Waals surface area contributed by atoms with Gasteiger partial charge in [-0.25, -0.2) is 0 Å². The Morgan fingerprint density at radius 3 is 1.80 bits per heavy atom. The molecular formula is C25H44N8O8. The second-order valence-electron chi connectivity index (χ2n) is 10.3. The second kappa shape index (κ2) is 17.0. The maximum absolute atomic E-state index is 13.3. The van der Waals surface area contributed by atoms with Crippen molar-refractivity contribution in [2.75, 3.05) is 13.2 Å². The average Bonchev–Trinajstić information content (AvgIpc) is 2.90. The minimum absolute atomic E-state index is 0.0453. The van der Waals surface area contributed by atoms with Crippen molar-refractivity contribution in [3.05, 3.63) is 0 Å². The fourth-order valence-electron chi connectivity index (χ4n) is 4.04. The molecule has 0 aromatic heterocycles. The van der Waals surface area contributed by atoms with Crippen LogP contribution in [0.5, 0.6) is 0 Å². The molecule has 16 nitrogen and oxygen atoms in total. The number of aliphatic imine (C=N–C) groups is 1. The Kier molecular flexibility index (Phi) is 14.5. The number of aliphatic hydroxyl groups excluding tert-OH is 1. The van der Waals surface area contributed by atoms with E-state index >= 15 is 0 Å². The zero-order chi connectivity index (χ0) is 31.3. The SMILES string of the molecule is CC[C@H](C)[C@@H]1NC(=O)[C@H](CCC(=O)O)NC(=O)[C@H](C(C)C)NC(=O)[C@H](CCCN=C(N)N)NC(=O)[C@H](CO)NC1=O. The summed E-state index contributed by atoms with van der Waals surface area (Å²) in [6.07, 6.45) is -0.0000109. The van der Waals surface area contributed by atoms with Crippen LogP contribution in [-0.4, -0.2) is 95.0 Å². The molecule has 1 aliphatic heterocycles. The fraction of sp³-hybridized carbons (Fsp3) is 0.720. The molecule has 5 amide bonds. The molecule has 1 rings (SSSR count). The maximum Gasteiger partial charge on any atom is 0.303 e. The summed E-state index contributed by atoms with van der Waals surface area (Å²) in [6, 6.07) is -6.35. The summed E-state index contributed by atoms with van der Waals surface area (Å²) in [5.74, 6) is -6.23. The molecule has 0 aliphatic carbocycles. The van der Waals surface area contributed by atoms with Gasteiger partial charge in [0.15, 0.2) is 5.96 Å². The van der Waals surface area contributed by atoms with Gasteiger partial charge in [0.1, 0.15) is 30.2 Å². The molecule has 41 heavy (non-hydrogen) atoms. The number of hydrogen-bond acceptors (Lipinski definition) is 8. The highest BCUT2D eigenvalue weighted by Gasteiger charge is 2.36. The van der Waals surface area contributed by atoms with E-state index in [0.717, 1.165) is 0 Å². The lowest BCUT2D eigenvalue weighted by molar-refractivity contribution is -0.138. The number of carboxylic acids is 1. The third-order valence-corrected chi connectivity index (χ3v) is 6.71. The lowest BCUT2D eigenvalue weighted by Gasteiger charge is -2.28. The van der Waals surface area contributed by atoms with E-state index in [-0.39, 0.29) is 31.8 Å². The molecule has 0 spiro atoms. The number of hydrogen-bond donors (Lipinski definition) is 9. The van der Waals surface area contributed by atoms with Gasteiger partial charge in [-0.2, -0.15) is 0 Å². The number of amides is 5. The predicted octanol–water partition coefficient (Wildman–Crippen LogP) is -2.96. The molecule has 6 atom stereocenters. The minimum Gasteiger partial charge on any atom is -0.481 e. The quantitative estimate of drug-likeness (QED) is 0.0676. The fourth-order valence-corrected chi connectivity index (χ4v) is 4.04. The van der Waals surface area contributed by atoms with Gasteiger partial charge in [0.2, 0.25) is 29.5 Å². The third kappa shape index (κ3) is 11.6. The molecule has 0 aromatic rings. The number of nitrogens with zero attached hydrogens (tertiary/aromatic N) is 1. The molecule has 1 heterocycles. The molecule has 0 radical (unpaired) electrons. The Morgan fingerprint density at radius 2 is 1.29 bits per heavy atom. The number of nitrogens with two attached hydrogens (primary N) is 2. The van der Waals surface area contributed by atoms with E-state index in [0.29, 0.717) is 6.42 Å². The van der Waals surface area contributed by atoms with Crippen LogP contribution in [0.25, 0.3) is 0 Å². The van der Waals surface area contributed by atoms with Gasteiger partial charge in [-0.3, -0.25) is 33.8 Å². The monoisotopic (exact) mass is 584 g/mol. The molecule has 16 heteroatoms. The van der Waals surface area contributed by atoms with Crippen LogP contribution >= 0.6 is 0 Å². The molecule has 0 unspecified atom stereocenters. The van der Waals surface area contributed by atoms with Crippen LogP contribution in [0, 0.1) is 11.8 Å². The maximum atomic E-state index is 13.3. The summed E-state index contributed by atoms with van der Waals surface area (Å²) < 4.78 is 0. The van der Waals surface area contributed by atoms with Gasteiger partial charge in [0, 0.05) is 13.0 Å². The van der Waals surface area contributed by atoms with Gasteiger partial charge in [-0.1, -0.05) is 34.1 Å². The molecule has 1 fully saturated rings. The highest BCUT2D eigenvalue weighted by molar-refractivity contribution is 5.98. The zero-order valence-electron chi connectivity index (χ0n) is 23.9. The van der Waals surface area contributed by atoms with E-state index in [2.05, 4.69) is 31.6 Å². The van der Waals surface area contributed by atoms with Crippen molar-refractivity contribution in [2.45, 2.75) is 90.0 Å². The van der Waals surface area contributed by atoms with Crippen LogP contribution < -0.4 is 38.1 Å². The smallest absolute Gasteiger partial charge is 0.303 e. The molecule has 0 aromatic carbocycles. The lowest BCUT2D eigenvalue weighted by atomic mass is 9.97.